The van der Waals surface area contributed by atoms with E-state index in [2.05, 4.69) is 38.8 Å². The summed E-state index contributed by atoms with van der Waals surface area (Å²) in [6, 6.07) is 0. The first-order valence-electron chi connectivity index (χ1n) is 6.61. The molecule has 1 spiro atoms. The minimum Gasteiger partial charge on any atom is -0.379 e. The van der Waals surface area contributed by atoms with E-state index in [1.165, 1.54) is 12.8 Å². The maximum atomic E-state index is 5.66. The van der Waals surface area contributed by atoms with E-state index in [1.54, 1.807) is 5.57 Å². The van der Waals surface area contributed by atoms with Gasteiger partial charge in [-0.05, 0) is 30.9 Å². The summed E-state index contributed by atoms with van der Waals surface area (Å²) in [6.07, 6.45) is 4.89. The van der Waals surface area contributed by atoms with Crippen molar-refractivity contribution in [3.05, 3.63) is 11.6 Å². The van der Waals surface area contributed by atoms with Gasteiger partial charge in [0.2, 0.25) is 0 Å². The first-order valence-corrected chi connectivity index (χ1v) is 6.61. The van der Waals surface area contributed by atoms with Crippen molar-refractivity contribution in [3.8, 4) is 0 Å². The van der Waals surface area contributed by atoms with Gasteiger partial charge < -0.3 is 4.74 Å². The molecule has 0 amide bonds. The second kappa shape index (κ2) is 4.50. The van der Waals surface area contributed by atoms with Gasteiger partial charge in [-0.25, -0.2) is 0 Å². The molecule has 0 aliphatic carbocycles. The number of rotatable bonds is 3. The molecule has 1 saturated heterocycles. The van der Waals surface area contributed by atoms with Gasteiger partial charge in [-0.3, -0.25) is 4.90 Å². The average molecular weight is 223 g/mol. The molecule has 2 nitrogen and oxygen atoms in total. The first kappa shape index (κ1) is 12.1. The summed E-state index contributed by atoms with van der Waals surface area (Å²) in [5.74, 6) is 1.46. The van der Waals surface area contributed by atoms with Crippen molar-refractivity contribution in [2.24, 2.45) is 11.8 Å². The molecule has 0 N–H and O–H groups in total. The molecule has 2 unspecified atom stereocenters. The van der Waals surface area contributed by atoms with Crippen LogP contribution in [0, 0.1) is 11.8 Å². The molecule has 0 aromatic rings. The van der Waals surface area contributed by atoms with Crippen molar-refractivity contribution in [3.63, 3.8) is 0 Å². The maximum absolute atomic E-state index is 5.66. The zero-order valence-electron chi connectivity index (χ0n) is 11.1. The standard InChI is InChI=1S/C14H25NO/c1-5-11(2)12(3)13-6-8-15(4)14(13)7-9-16-10-14/h6,11-12H,5,7-10H2,1-4H3/t11?,12?,14-/m1/s1. The fourth-order valence-electron chi connectivity index (χ4n) is 3.17. The van der Waals surface area contributed by atoms with E-state index in [0.717, 1.165) is 25.7 Å². The van der Waals surface area contributed by atoms with Crippen molar-refractivity contribution in [1.29, 1.82) is 0 Å². The van der Waals surface area contributed by atoms with E-state index in [9.17, 15) is 0 Å². The zero-order chi connectivity index (χ0) is 11.8. The monoisotopic (exact) mass is 223 g/mol. The Hall–Kier alpha value is -0.340. The third-order valence-electron chi connectivity index (χ3n) is 4.84. The Bertz CT molecular complexity index is 278. The summed E-state index contributed by atoms with van der Waals surface area (Å²) in [7, 11) is 2.24. The van der Waals surface area contributed by atoms with E-state index >= 15 is 0 Å². The fourth-order valence-corrected chi connectivity index (χ4v) is 3.17. The van der Waals surface area contributed by atoms with Gasteiger partial charge >= 0.3 is 0 Å². The SMILES string of the molecule is CCC(C)C(C)C1=CCN(C)[C@@]12CCOC2. The number of hydrogen-bond acceptors (Lipinski definition) is 2. The molecule has 0 bridgehead atoms. The lowest BCUT2D eigenvalue weighted by Gasteiger charge is -2.37. The molecule has 92 valence electrons. The van der Waals surface area contributed by atoms with Gasteiger partial charge in [-0.1, -0.05) is 33.3 Å². The number of nitrogens with zero attached hydrogens (tertiary/aromatic N) is 1. The number of ether oxygens (including phenoxy) is 1. The van der Waals surface area contributed by atoms with E-state index in [0.29, 0.717) is 5.92 Å². The van der Waals surface area contributed by atoms with Crippen molar-refractivity contribution < 1.29 is 4.74 Å². The van der Waals surface area contributed by atoms with E-state index in [-0.39, 0.29) is 5.54 Å². The highest BCUT2D eigenvalue weighted by Crippen LogP contribution is 2.42. The van der Waals surface area contributed by atoms with Crippen LogP contribution in [0.1, 0.15) is 33.6 Å². The van der Waals surface area contributed by atoms with Crippen LogP contribution in [0.4, 0.5) is 0 Å². The molecule has 2 aliphatic heterocycles. The fraction of sp³-hybridized carbons (Fsp3) is 0.857. The Kier molecular flexibility index (Phi) is 3.41. The Labute approximate surface area is 99.7 Å². The zero-order valence-corrected chi connectivity index (χ0v) is 11.1. The molecule has 2 heterocycles. The molecule has 3 atom stereocenters. The maximum Gasteiger partial charge on any atom is 0.0690 e. The summed E-state index contributed by atoms with van der Waals surface area (Å²) >= 11 is 0. The molecule has 0 radical (unpaired) electrons. The molecule has 16 heavy (non-hydrogen) atoms. The lowest BCUT2D eigenvalue weighted by Crippen LogP contribution is -2.46. The van der Waals surface area contributed by atoms with E-state index in [1.807, 2.05) is 0 Å². The predicted octanol–water partition coefficient (Wildman–Crippen LogP) is 2.70. The molecule has 2 aliphatic rings. The number of hydrogen-bond donors (Lipinski definition) is 0. The Morgan fingerprint density at radius 2 is 2.25 bits per heavy atom. The molecule has 0 saturated carbocycles. The quantitative estimate of drug-likeness (QED) is 0.682. The van der Waals surface area contributed by atoms with Crippen LogP contribution < -0.4 is 0 Å². The van der Waals surface area contributed by atoms with Gasteiger partial charge in [-0.15, -0.1) is 0 Å². The number of likely N-dealkylation sites (N-methyl/N-ethyl adjacent to an activating group) is 1. The summed E-state index contributed by atoms with van der Waals surface area (Å²) in [4.78, 5) is 2.48. The van der Waals surface area contributed by atoms with Crippen LogP contribution in [-0.4, -0.2) is 37.2 Å². The second-order valence-electron chi connectivity index (χ2n) is 5.55. The van der Waals surface area contributed by atoms with Crippen molar-refractivity contribution in [2.45, 2.75) is 39.2 Å². The summed E-state index contributed by atoms with van der Waals surface area (Å²) in [5.41, 5.74) is 1.88. The second-order valence-corrected chi connectivity index (χ2v) is 5.55. The molecule has 2 heteroatoms. The Morgan fingerprint density at radius 3 is 2.81 bits per heavy atom. The molecular formula is C14H25NO. The van der Waals surface area contributed by atoms with Gasteiger partial charge in [0.05, 0.1) is 12.1 Å². The minimum absolute atomic E-state index is 0.239. The Morgan fingerprint density at radius 1 is 1.50 bits per heavy atom. The van der Waals surface area contributed by atoms with Crippen LogP contribution in [-0.2, 0) is 4.74 Å². The van der Waals surface area contributed by atoms with E-state index < -0.39 is 0 Å². The predicted molar refractivity (Wildman–Crippen MR) is 67.5 cm³/mol. The lowest BCUT2D eigenvalue weighted by atomic mass is 9.77. The minimum atomic E-state index is 0.239. The van der Waals surface area contributed by atoms with Crippen LogP contribution in [0.15, 0.2) is 11.6 Å². The van der Waals surface area contributed by atoms with Gasteiger partial charge in [-0.2, -0.15) is 0 Å². The third kappa shape index (κ3) is 1.72. The van der Waals surface area contributed by atoms with Crippen molar-refractivity contribution in [1.82, 2.24) is 4.90 Å². The van der Waals surface area contributed by atoms with Crippen molar-refractivity contribution >= 4 is 0 Å². The Balaban J connectivity index is 2.20. The van der Waals surface area contributed by atoms with Crippen LogP contribution in [0.25, 0.3) is 0 Å². The topological polar surface area (TPSA) is 12.5 Å². The largest absolute Gasteiger partial charge is 0.379 e. The third-order valence-corrected chi connectivity index (χ3v) is 4.84. The highest BCUT2D eigenvalue weighted by Gasteiger charge is 2.46. The van der Waals surface area contributed by atoms with Gasteiger partial charge in [0.1, 0.15) is 0 Å². The smallest absolute Gasteiger partial charge is 0.0690 e. The molecular weight excluding hydrogens is 198 g/mol. The van der Waals surface area contributed by atoms with Gasteiger partial charge in [0.15, 0.2) is 0 Å². The molecule has 2 rings (SSSR count). The summed E-state index contributed by atoms with van der Waals surface area (Å²) in [6.45, 7) is 9.97. The van der Waals surface area contributed by atoms with E-state index in [4.69, 9.17) is 4.74 Å². The first-order chi connectivity index (χ1) is 7.62. The van der Waals surface area contributed by atoms with Gasteiger partial charge in [0, 0.05) is 13.2 Å². The van der Waals surface area contributed by atoms with Crippen LogP contribution in [0.5, 0.6) is 0 Å². The van der Waals surface area contributed by atoms with Crippen LogP contribution in [0.2, 0.25) is 0 Å². The molecule has 1 fully saturated rings. The highest BCUT2D eigenvalue weighted by molar-refractivity contribution is 5.30. The van der Waals surface area contributed by atoms with Gasteiger partial charge in [0.25, 0.3) is 0 Å². The summed E-state index contributed by atoms with van der Waals surface area (Å²) in [5, 5.41) is 0. The molecule has 0 aromatic carbocycles. The lowest BCUT2D eigenvalue weighted by molar-refractivity contribution is 0.124. The normalized spacial score (nSPS) is 34.4. The van der Waals surface area contributed by atoms with Crippen LogP contribution in [0.3, 0.4) is 0 Å². The van der Waals surface area contributed by atoms with Crippen molar-refractivity contribution in [2.75, 3.05) is 26.8 Å². The summed E-state index contributed by atoms with van der Waals surface area (Å²) < 4.78 is 5.66. The average Bonchev–Trinajstić information content (AvgIpc) is 2.88. The van der Waals surface area contributed by atoms with Crippen LogP contribution >= 0.6 is 0 Å². The highest BCUT2D eigenvalue weighted by atomic mass is 16.5. The molecule has 0 aromatic heterocycles.